The van der Waals surface area contributed by atoms with Crippen LogP contribution in [0.4, 0.5) is 0 Å². The minimum atomic E-state index is -1.46. The molecule has 0 radical (unpaired) electrons. The first-order chi connectivity index (χ1) is 6.04. The molecule has 13 heavy (non-hydrogen) atoms. The Labute approximate surface area is 85.1 Å². The van der Waals surface area contributed by atoms with Gasteiger partial charge in [0.05, 0.1) is 0 Å². The van der Waals surface area contributed by atoms with E-state index in [1.165, 1.54) is 12.1 Å². The normalized spacial score (nSPS) is 12.5. The molecule has 0 aromatic heterocycles. The fourth-order valence-electron chi connectivity index (χ4n) is 0.914. The van der Waals surface area contributed by atoms with Crippen LogP contribution in [-0.4, -0.2) is 11.0 Å². The Hall–Kier alpha value is -0.770. The number of hydrogen-bond donors (Lipinski definition) is 2. The molecule has 1 aromatic rings. The SMILES string of the molecule is NC(=O)C(O)c1c(Cl)cccc1Cl. The third kappa shape index (κ3) is 2.12. The standard InChI is InChI=1S/C8H7Cl2NO2/c9-4-2-1-3-5(10)6(4)7(12)8(11)13/h1-3,7,12H,(H2,11,13). The highest BCUT2D eigenvalue weighted by Gasteiger charge is 2.19. The van der Waals surface area contributed by atoms with E-state index in [4.69, 9.17) is 28.9 Å². The third-order valence-electron chi connectivity index (χ3n) is 1.54. The lowest BCUT2D eigenvalue weighted by Gasteiger charge is -2.10. The van der Waals surface area contributed by atoms with Crippen molar-refractivity contribution in [2.24, 2.45) is 5.73 Å². The summed E-state index contributed by atoms with van der Waals surface area (Å²) in [5, 5.41) is 9.76. The summed E-state index contributed by atoms with van der Waals surface area (Å²) in [4.78, 5) is 10.7. The number of aliphatic hydroxyl groups excluding tert-OH is 1. The molecule has 1 rings (SSSR count). The van der Waals surface area contributed by atoms with Crippen molar-refractivity contribution in [1.82, 2.24) is 0 Å². The molecule has 3 N–H and O–H groups in total. The van der Waals surface area contributed by atoms with Gasteiger partial charge in [-0.15, -0.1) is 0 Å². The van der Waals surface area contributed by atoms with Gasteiger partial charge in [-0.05, 0) is 12.1 Å². The zero-order valence-electron chi connectivity index (χ0n) is 6.50. The topological polar surface area (TPSA) is 63.3 Å². The van der Waals surface area contributed by atoms with Crippen LogP contribution < -0.4 is 5.73 Å². The third-order valence-corrected chi connectivity index (χ3v) is 2.20. The summed E-state index contributed by atoms with van der Waals surface area (Å²) < 4.78 is 0. The van der Waals surface area contributed by atoms with E-state index in [1.54, 1.807) is 6.07 Å². The Morgan fingerprint density at radius 3 is 2.23 bits per heavy atom. The Balaban J connectivity index is 3.20. The maximum atomic E-state index is 10.7. The molecule has 0 aliphatic rings. The van der Waals surface area contributed by atoms with E-state index in [1.807, 2.05) is 0 Å². The molecule has 1 atom stereocenters. The molecular weight excluding hydrogens is 213 g/mol. The summed E-state index contributed by atoms with van der Waals surface area (Å²) in [6.45, 7) is 0. The van der Waals surface area contributed by atoms with Gasteiger partial charge in [0.15, 0.2) is 6.10 Å². The average Bonchev–Trinajstić information content (AvgIpc) is 2.03. The second-order valence-electron chi connectivity index (χ2n) is 2.44. The number of rotatable bonds is 2. The summed E-state index contributed by atoms with van der Waals surface area (Å²) >= 11 is 11.4. The van der Waals surface area contributed by atoms with Crippen LogP contribution in [0.1, 0.15) is 11.7 Å². The van der Waals surface area contributed by atoms with E-state index >= 15 is 0 Å². The largest absolute Gasteiger partial charge is 0.378 e. The quantitative estimate of drug-likeness (QED) is 0.793. The number of primary amides is 1. The van der Waals surface area contributed by atoms with Gasteiger partial charge in [-0.2, -0.15) is 0 Å². The van der Waals surface area contributed by atoms with E-state index in [0.717, 1.165) is 0 Å². The van der Waals surface area contributed by atoms with Gasteiger partial charge in [-0.25, -0.2) is 0 Å². The first kappa shape index (κ1) is 10.3. The van der Waals surface area contributed by atoms with Crippen molar-refractivity contribution in [3.8, 4) is 0 Å². The molecule has 0 bridgehead atoms. The average molecular weight is 220 g/mol. The minimum Gasteiger partial charge on any atom is -0.378 e. The predicted molar refractivity (Wildman–Crippen MR) is 50.6 cm³/mol. The van der Waals surface area contributed by atoms with Gasteiger partial charge in [-0.3, -0.25) is 4.79 Å². The molecule has 5 heteroatoms. The fraction of sp³-hybridized carbons (Fsp3) is 0.125. The Morgan fingerprint density at radius 1 is 1.38 bits per heavy atom. The number of amides is 1. The number of nitrogens with two attached hydrogens (primary N) is 1. The van der Waals surface area contributed by atoms with E-state index in [2.05, 4.69) is 0 Å². The lowest BCUT2D eigenvalue weighted by Crippen LogP contribution is -2.21. The van der Waals surface area contributed by atoms with Crippen LogP contribution in [0.25, 0.3) is 0 Å². The van der Waals surface area contributed by atoms with Crippen molar-refractivity contribution >= 4 is 29.1 Å². The highest BCUT2D eigenvalue weighted by Crippen LogP contribution is 2.29. The Bertz CT molecular complexity index is 321. The summed E-state index contributed by atoms with van der Waals surface area (Å²) in [5.74, 6) is -0.880. The van der Waals surface area contributed by atoms with Crippen LogP contribution in [0.3, 0.4) is 0 Å². The molecule has 0 saturated carbocycles. The van der Waals surface area contributed by atoms with Gasteiger partial charge in [0.1, 0.15) is 0 Å². The molecule has 1 amide bonds. The number of halogens is 2. The zero-order chi connectivity index (χ0) is 10.0. The van der Waals surface area contributed by atoms with Gasteiger partial charge < -0.3 is 10.8 Å². The molecule has 70 valence electrons. The smallest absolute Gasteiger partial charge is 0.251 e. The molecule has 1 unspecified atom stereocenters. The molecule has 1 aromatic carbocycles. The van der Waals surface area contributed by atoms with Crippen LogP contribution >= 0.6 is 23.2 Å². The number of hydrogen-bond acceptors (Lipinski definition) is 2. The van der Waals surface area contributed by atoms with Crippen molar-refractivity contribution < 1.29 is 9.90 Å². The first-order valence-corrected chi connectivity index (χ1v) is 4.21. The molecule has 0 aliphatic carbocycles. The number of carbonyl (C=O) groups is 1. The molecular formula is C8H7Cl2NO2. The van der Waals surface area contributed by atoms with Crippen LogP contribution in [0, 0.1) is 0 Å². The van der Waals surface area contributed by atoms with Crippen LogP contribution in [0.2, 0.25) is 10.0 Å². The summed E-state index contributed by atoms with van der Waals surface area (Å²) in [5.41, 5.74) is 5.05. The van der Waals surface area contributed by atoms with Gasteiger partial charge in [0, 0.05) is 15.6 Å². The predicted octanol–water partition coefficient (Wildman–Crippen LogP) is 1.51. The maximum absolute atomic E-state index is 10.7. The monoisotopic (exact) mass is 219 g/mol. The van der Waals surface area contributed by atoms with E-state index in [0.29, 0.717) is 0 Å². The van der Waals surface area contributed by atoms with Crippen molar-refractivity contribution in [3.63, 3.8) is 0 Å². The number of carbonyl (C=O) groups excluding carboxylic acids is 1. The summed E-state index contributed by atoms with van der Waals surface area (Å²) in [6.07, 6.45) is -1.46. The van der Waals surface area contributed by atoms with Crippen molar-refractivity contribution in [2.75, 3.05) is 0 Å². The Kier molecular flexibility index (Phi) is 3.14. The Morgan fingerprint density at radius 2 is 1.85 bits per heavy atom. The van der Waals surface area contributed by atoms with E-state index in [9.17, 15) is 9.90 Å². The highest BCUT2D eigenvalue weighted by molar-refractivity contribution is 6.36. The molecule has 0 spiro atoms. The molecule has 0 heterocycles. The number of benzene rings is 1. The van der Waals surface area contributed by atoms with Crippen molar-refractivity contribution in [1.29, 1.82) is 0 Å². The van der Waals surface area contributed by atoms with E-state index in [-0.39, 0.29) is 15.6 Å². The summed E-state index contributed by atoms with van der Waals surface area (Å²) in [7, 11) is 0. The van der Waals surface area contributed by atoms with Crippen molar-refractivity contribution in [3.05, 3.63) is 33.8 Å². The number of aliphatic hydroxyl groups is 1. The zero-order valence-corrected chi connectivity index (χ0v) is 8.01. The lowest BCUT2D eigenvalue weighted by atomic mass is 10.1. The molecule has 0 aliphatic heterocycles. The lowest BCUT2D eigenvalue weighted by molar-refractivity contribution is -0.126. The highest BCUT2D eigenvalue weighted by atomic mass is 35.5. The fourth-order valence-corrected chi connectivity index (χ4v) is 1.52. The van der Waals surface area contributed by atoms with Gasteiger partial charge in [0.2, 0.25) is 0 Å². The minimum absolute atomic E-state index is 0.151. The summed E-state index contributed by atoms with van der Waals surface area (Å²) in [6, 6.07) is 4.66. The van der Waals surface area contributed by atoms with Gasteiger partial charge in [-0.1, -0.05) is 29.3 Å². The van der Waals surface area contributed by atoms with Crippen molar-refractivity contribution in [2.45, 2.75) is 6.10 Å². The maximum Gasteiger partial charge on any atom is 0.251 e. The van der Waals surface area contributed by atoms with Crippen LogP contribution in [0.5, 0.6) is 0 Å². The van der Waals surface area contributed by atoms with Gasteiger partial charge >= 0.3 is 0 Å². The van der Waals surface area contributed by atoms with Crippen LogP contribution in [0.15, 0.2) is 18.2 Å². The molecule has 0 saturated heterocycles. The van der Waals surface area contributed by atoms with Crippen LogP contribution in [-0.2, 0) is 4.79 Å². The van der Waals surface area contributed by atoms with Gasteiger partial charge in [0.25, 0.3) is 5.91 Å². The second kappa shape index (κ2) is 3.96. The molecule has 3 nitrogen and oxygen atoms in total. The molecule has 0 fully saturated rings. The first-order valence-electron chi connectivity index (χ1n) is 3.45. The second-order valence-corrected chi connectivity index (χ2v) is 3.25. The van der Waals surface area contributed by atoms with E-state index < -0.39 is 12.0 Å².